The van der Waals surface area contributed by atoms with Gasteiger partial charge in [-0.1, -0.05) is 32.9 Å². The van der Waals surface area contributed by atoms with E-state index in [1.54, 1.807) is 6.07 Å². The van der Waals surface area contributed by atoms with E-state index in [1.165, 1.54) is 12.1 Å². The molecular weight excluding hydrogens is 453 g/mol. The van der Waals surface area contributed by atoms with E-state index < -0.39 is 11.8 Å². The number of nitrogens with zero attached hydrogens (tertiary/aromatic N) is 2. The number of aromatic nitrogens is 2. The summed E-state index contributed by atoms with van der Waals surface area (Å²) in [6, 6.07) is 8.22. The number of imidazole rings is 1. The molecule has 2 N–H and O–H groups in total. The van der Waals surface area contributed by atoms with E-state index in [4.69, 9.17) is 10.1 Å². The molecule has 0 aliphatic carbocycles. The van der Waals surface area contributed by atoms with Crippen molar-refractivity contribution in [1.82, 2.24) is 14.9 Å². The summed E-state index contributed by atoms with van der Waals surface area (Å²) in [5, 5.41) is 11.7. The van der Waals surface area contributed by atoms with Crippen LogP contribution in [0.1, 0.15) is 66.5 Å². The van der Waals surface area contributed by atoms with Gasteiger partial charge >= 0.3 is 5.97 Å². The van der Waals surface area contributed by atoms with E-state index in [-0.39, 0.29) is 16.7 Å². The Hall–Kier alpha value is -2.87. The van der Waals surface area contributed by atoms with Gasteiger partial charge in [0.1, 0.15) is 11.6 Å². The first kappa shape index (κ1) is 25.7. The number of thiol groups is 1. The number of carboxylic acids is 1. The fraction of sp³-hybridized carbons (Fsp3) is 0.423. The molecule has 0 aliphatic rings. The molecule has 1 amide bonds. The number of carbonyl (C=O) groups is 2. The Morgan fingerprint density at radius 2 is 1.94 bits per heavy atom. The first-order chi connectivity index (χ1) is 16.1. The second kappa shape index (κ2) is 11.0. The van der Waals surface area contributed by atoms with Gasteiger partial charge in [0, 0.05) is 19.5 Å². The first-order valence-electron chi connectivity index (χ1n) is 11.6. The van der Waals surface area contributed by atoms with Crippen LogP contribution in [0, 0.1) is 18.7 Å². The normalized spacial score (nSPS) is 12.3. The molecule has 3 rings (SSSR count). The number of amides is 1. The number of rotatable bonds is 10. The van der Waals surface area contributed by atoms with Crippen molar-refractivity contribution >= 4 is 35.5 Å². The van der Waals surface area contributed by atoms with Crippen LogP contribution in [-0.4, -0.2) is 31.8 Å². The number of carboxylic acid groups (broad SMARTS) is 1. The van der Waals surface area contributed by atoms with Crippen LogP contribution in [0.5, 0.6) is 0 Å². The Morgan fingerprint density at radius 3 is 2.56 bits per heavy atom. The lowest BCUT2D eigenvalue weighted by atomic mass is 10.1. The number of carbonyl (C=O) groups excluding carboxylic acids is 1. The maximum atomic E-state index is 14.3. The third-order valence-corrected chi connectivity index (χ3v) is 6.17. The molecule has 34 heavy (non-hydrogen) atoms. The van der Waals surface area contributed by atoms with Gasteiger partial charge in [-0.15, -0.1) is 0 Å². The van der Waals surface area contributed by atoms with Gasteiger partial charge in [0.25, 0.3) is 0 Å². The second-order valence-corrected chi connectivity index (χ2v) is 9.75. The minimum absolute atomic E-state index is 0.0936. The summed E-state index contributed by atoms with van der Waals surface area (Å²) in [5.41, 5.74) is 4.02. The summed E-state index contributed by atoms with van der Waals surface area (Å²) in [7, 11) is 0. The molecule has 0 saturated heterocycles. The summed E-state index contributed by atoms with van der Waals surface area (Å²) in [6.07, 6.45) is 2.36. The highest BCUT2D eigenvalue weighted by molar-refractivity contribution is 7.81. The molecule has 2 aromatic carbocycles. The summed E-state index contributed by atoms with van der Waals surface area (Å²) in [4.78, 5) is 28.4. The SMILES string of the molecule is CCCc1nc2c(C)cc(CNC(=O)[C@@H](S)CC(C)C)cc2n1Cc1ccc(C(=O)O)c(F)c1. The van der Waals surface area contributed by atoms with Crippen molar-refractivity contribution in [3.8, 4) is 0 Å². The van der Waals surface area contributed by atoms with Gasteiger partial charge in [-0.25, -0.2) is 14.2 Å². The number of aryl methyl sites for hydroxylation is 2. The topological polar surface area (TPSA) is 84.2 Å². The standard InChI is InChI=1S/C26H32FN3O3S/c1-5-6-23-29-24-16(4)10-18(13-28-25(31)22(34)9-15(2)3)12-21(24)30(23)14-17-7-8-19(26(32)33)20(27)11-17/h7-8,10-12,15,22,34H,5-6,9,13-14H2,1-4H3,(H,28,31)(H,32,33)/t22-/m0/s1. The van der Waals surface area contributed by atoms with Gasteiger partial charge in [0.05, 0.1) is 21.8 Å². The third kappa shape index (κ3) is 5.97. The molecule has 1 heterocycles. The van der Waals surface area contributed by atoms with E-state index in [2.05, 4.69) is 38.7 Å². The first-order valence-corrected chi connectivity index (χ1v) is 12.1. The van der Waals surface area contributed by atoms with Crippen molar-refractivity contribution in [2.45, 2.75) is 65.3 Å². The average molecular weight is 486 g/mol. The van der Waals surface area contributed by atoms with E-state index in [9.17, 15) is 14.0 Å². The molecule has 6 nitrogen and oxygen atoms in total. The van der Waals surface area contributed by atoms with Crippen LogP contribution in [-0.2, 0) is 24.3 Å². The number of hydrogen-bond acceptors (Lipinski definition) is 4. The lowest BCUT2D eigenvalue weighted by Crippen LogP contribution is -2.31. The van der Waals surface area contributed by atoms with Crippen molar-refractivity contribution in [1.29, 1.82) is 0 Å². The zero-order chi connectivity index (χ0) is 25.0. The van der Waals surface area contributed by atoms with E-state index in [0.717, 1.165) is 40.8 Å². The second-order valence-electron chi connectivity index (χ2n) is 9.13. The van der Waals surface area contributed by atoms with Gasteiger partial charge in [0.2, 0.25) is 5.91 Å². The zero-order valence-electron chi connectivity index (χ0n) is 20.1. The molecule has 3 aromatic rings. The van der Waals surface area contributed by atoms with Gasteiger partial charge in [-0.2, -0.15) is 12.6 Å². The molecule has 0 radical (unpaired) electrons. The van der Waals surface area contributed by atoms with Crippen LogP contribution < -0.4 is 5.32 Å². The van der Waals surface area contributed by atoms with Crippen molar-refractivity contribution < 1.29 is 19.1 Å². The van der Waals surface area contributed by atoms with Crippen LogP contribution in [0.3, 0.4) is 0 Å². The average Bonchev–Trinajstić information content (AvgIpc) is 3.09. The summed E-state index contributed by atoms with van der Waals surface area (Å²) in [6.45, 7) is 8.92. The van der Waals surface area contributed by atoms with Crippen LogP contribution >= 0.6 is 12.6 Å². The fourth-order valence-corrected chi connectivity index (χ4v) is 4.59. The highest BCUT2D eigenvalue weighted by Crippen LogP contribution is 2.25. The van der Waals surface area contributed by atoms with Crippen molar-refractivity contribution in [2.24, 2.45) is 5.92 Å². The molecule has 0 unspecified atom stereocenters. The number of halogens is 1. The van der Waals surface area contributed by atoms with Crippen molar-refractivity contribution in [2.75, 3.05) is 0 Å². The van der Waals surface area contributed by atoms with E-state index in [1.807, 2.05) is 23.6 Å². The maximum Gasteiger partial charge on any atom is 0.338 e. The number of aromatic carboxylic acids is 1. The van der Waals surface area contributed by atoms with Crippen molar-refractivity contribution in [3.63, 3.8) is 0 Å². The summed E-state index contributed by atoms with van der Waals surface area (Å²) >= 11 is 4.42. The number of nitrogens with one attached hydrogen (secondary N) is 1. The van der Waals surface area contributed by atoms with Gasteiger partial charge in [-0.3, -0.25) is 4.79 Å². The largest absolute Gasteiger partial charge is 0.478 e. The molecule has 0 fully saturated rings. The van der Waals surface area contributed by atoms with Crippen LogP contribution in [0.15, 0.2) is 30.3 Å². The zero-order valence-corrected chi connectivity index (χ0v) is 21.0. The lowest BCUT2D eigenvalue weighted by molar-refractivity contribution is -0.120. The Balaban J connectivity index is 1.93. The van der Waals surface area contributed by atoms with Gasteiger partial charge < -0.3 is 15.0 Å². The molecular formula is C26H32FN3O3S. The molecule has 0 aliphatic heterocycles. The van der Waals surface area contributed by atoms with Gasteiger partial charge in [-0.05, 0) is 60.6 Å². The molecule has 1 aromatic heterocycles. The maximum absolute atomic E-state index is 14.3. The molecule has 1 atom stereocenters. The molecule has 0 saturated carbocycles. The quantitative estimate of drug-likeness (QED) is 0.347. The van der Waals surface area contributed by atoms with Gasteiger partial charge in [0.15, 0.2) is 0 Å². The minimum atomic E-state index is -1.29. The highest BCUT2D eigenvalue weighted by atomic mass is 32.1. The fourth-order valence-electron chi connectivity index (χ4n) is 4.08. The van der Waals surface area contributed by atoms with Crippen LogP contribution in [0.2, 0.25) is 0 Å². The summed E-state index contributed by atoms with van der Waals surface area (Å²) in [5.74, 6) is -0.870. The van der Waals surface area contributed by atoms with Crippen molar-refractivity contribution in [3.05, 3.63) is 64.2 Å². The Bertz CT molecular complexity index is 1210. The molecule has 8 heteroatoms. The van der Waals surface area contributed by atoms with Crippen LogP contribution in [0.4, 0.5) is 4.39 Å². The Labute approximate surface area is 205 Å². The van der Waals surface area contributed by atoms with E-state index in [0.29, 0.717) is 31.0 Å². The van der Waals surface area contributed by atoms with Crippen LogP contribution in [0.25, 0.3) is 11.0 Å². The number of hydrogen-bond donors (Lipinski definition) is 3. The highest BCUT2D eigenvalue weighted by Gasteiger charge is 2.18. The number of fused-ring (bicyclic) bond motifs is 1. The monoisotopic (exact) mass is 485 g/mol. The lowest BCUT2D eigenvalue weighted by Gasteiger charge is -2.14. The predicted molar refractivity (Wildman–Crippen MR) is 135 cm³/mol. The smallest absolute Gasteiger partial charge is 0.338 e. The Kier molecular flexibility index (Phi) is 8.36. The predicted octanol–water partition coefficient (Wildman–Crippen LogP) is 5.14. The number of benzene rings is 2. The molecule has 0 bridgehead atoms. The molecule has 182 valence electrons. The Morgan fingerprint density at radius 1 is 1.21 bits per heavy atom. The summed E-state index contributed by atoms with van der Waals surface area (Å²) < 4.78 is 16.3. The third-order valence-electron chi connectivity index (χ3n) is 5.73. The van der Waals surface area contributed by atoms with E-state index >= 15 is 0 Å². The molecule has 0 spiro atoms. The minimum Gasteiger partial charge on any atom is -0.478 e.